The summed E-state index contributed by atoms with van der Waals surface area (Å²) >= 11 is 0. The van der Waals surface area contributed by atoms with Crippen LogP contribution in [-0.4, -0.2) is 21.5 Å². The molecule has 4 aromatic carbocycles. The molecule has 4 nitrogen and oxygen atoms in total. The van der Waals surface area contributed by atoms with Gasteiger partial charge in [-0.25, -0.2) is 0 Å². The Balaban J connectivity index is 2.10. The van der Waals surface area contributed by atoms with Crippen molar-refractivity contribution in [1.82, 2.24) is 0 Å². The number of rotatable bonds is 7. The molecule has 0 spiro atoms. The van der Waals surface area contributed by atoms with Gasteiger partial charge in [-0.3, -0.25) is 4.74 Å². The molecule has 0 fully saturated rings. The zero-order chi connectivity index (χ0) is 21.7. The second-order valence-electron chi connectivity index (χ2n) is 7.40. The monoisotopic (exact) mass is 412 g/mol. The molecule has 0 saturated heterocycles. The Bertz CT molecular complexity index is 997. The van der Waals surface area contributed by atoms with Gasteiger partial charge in [0, 0.05) is 5.92 Å². The largest absolute Gasteiger partial charge is 0.406 e. The fraction of sp³-hybridized carbons (Fsp3) is 0.111. The van der Waals surface area contributed by atoms with Gasteiger partial charge in [0.2, 0.25) is 0 Å². The lowest BCUT2D eigenvalue weighted by atomic mass is 9.69. The van der Waals surface area contributed by atoms with Crippen LogP contribution in [0.15, 0.2) is 121 Å². The predicted molar refractivity (Wildman–Crippen MR) is 119 cm³/mol. The third-order valence-corrected chi connectivity index (χ3v) is 5.38. The van der Waals surface area contributed by atoms with Gasteiger partial charge in [-0.15, -0.1) is 0 Å². The van der Waals surface area contributed by atoms with Crippen molar-refractivity contribution >= 4 is 0 Å². The molecule has 4 rings (SSSR count). The van der Waals surface area contributed by atoms with Crippen LogP contribution in [0.25, 0.3) is 0 Å². The summed E-state index contributed by atoms with van der Waals surface area (Å²) in [4.78, 5) is 0. The lowest BCUT2D eigenvalue weighted by molar-refractivity contribution is -0.480. The summed E-state index contributed by atoms with van der Waals surface area (Å²) in [5.74, 6) is -0.509. The standard InChI is InChI=1S/C27H24O4/c28-27(29,30)31-26(23-17-9-3-10-18-23,24-19-11-4-12-20-24)25(21-13-5-1-6-14-21)22-15-7-2-8-16-22/h1-20,25,28-30H. The van der Waals surface area contributed by atoms with E-state index in [1.54, 1.807) is 0 Å². The summed E-state index contributed by atoms with van der Waals surface area (Å²) in [7, 11) is 0. The summed E-state index contributed by atoms with van der Waals surface area (Å²) in [6, 6.07) is 38.1. The molecular weight excluding hydrogens is 388 g/mol. The van der Waals surface area contributed by atoms with Crippen molar-refractivity contribution < 1.29 is 20.1 Å². The Morgan fingerprint density at radius 3 is 1.13 bits per heavy atom. The van der Waals surface area contributed by atoms with Gasteiger partial charge in [-0.05, 0) is 22.3 Å². The lowest BCUT2D eigenvalue weighted by Crippen LogP contribution is -2.47. The summed E-state index contributed by atoms with van der Waals surface area (Å²) < 4.78 is 5.84. The van der Waals surface area contributed by atoms with Crippen molar-refractivity contribution in [2.45, 2.75) is 17.7 Å². The van der Waals surface area contributed by atoms with Crippen molar-refractivity contribution in [3.05, 3.63) is 144 Å². The summed E-state index contributed by atoms with van der Waals surface area (Å²) in [6.07, 6.45) is -3.37. The van der Waals surface area contributed by atoms with Gasteiger partial charge >= 0.3 is 6.16 Å². The second kappa shape index (κ2) is 8.84. The average Bonchev–Trinajstić information content (AvgIpc) is 2.80. The van der Waals surface area contributed by atoms with Crippen molar-refractivity contribution in [1.29, 1.82) is 0 Å². The summed E-state index contributed by atoms with van der Waals surface area (Å²) in [6.45, 7) is 0. The van der Waals surface area contributed by atoms with Crippen LogP contribution < -0.4 is 0 Å². The molecule has 0 unspecified atom stereocenters. The van der Waals surface area contributed by atoms with Gasteiger partial charge in [-0.2, -0.15) is 0 Å². The van der Waals surface area contributed by atoms with Crippen LogP contribution in [0.3, 0.4) is 0 Å². The third-order valence-electron chi connectivity index (χ3n) is 5.38. The van der Waals surface area contributed by atoms with E-state index < -0.39 is 17.7 Å². The molecule has 3 N–H and O–H groups in total. The summed E-state index contributed by atoms with van der Waals surface area (Å²) in [5.41, 5.74) is 1.67. The highest BCUT2D eigenvalue weighted by atomic mass is 16.9. The highest BCUT2D eigenvalue weighted by Gasteiger charge is 2.49. The van der Waals surface area contributed by atoms with Crippen LogP contribution in [0, 0.1) is 0 Å². The van der Waals surface area contributed by atoms with Crippen LogP contribution in [-0.2, 0) is 10.3 Å². The molecule has 0 amide bonds. The molecule has 0 bridgehead atoms. The second-order valence-corrected chi connectivity index (χ2v) is 7.40. The van der Waals surface area contributed by atoms with E-state index >= 15 is 0 Å². The minimum absolute atomic E-state index is 0.509. The first-order valence-electron chi connectivity index (χ1n) is 10.1. The number of ether oxygens (including phenoxy) is 1. The van der Waals surface area contributed by atoms with E-state index in [0.717, 1.165) is 11.1 Å². The van der Waals surface area contributed by atoms with Gasteiger partial charge in [0.25, 0.3) is 0 Å². The van der Waals surface area contributed by atoms with E-state index in [0.29, 0.717) is 11.1 Å². The van der Waals surface area contributed by atoms with Crippen LogP contribution in [0.2, 0.25) is 0 Å². The van der Waals surface area contributed by atoms with E-state index in [1.807, 2.05) is 121 Å². The SMILES string of the molecule is OC(O)(O)OC(c1ccccc1)(c1ccccc1)C(c1ccccc1)c1ccccc1. The van der Waals surface area contributed by atoms with Gasteiger partial charge in [0.05, 0.1) is 0 Å². The fourth-order valence-corrected chi connectivity index (χ4v) is 4.22. The topological polar surface area (TPSA) is 69.9 Å². The molecular formula is C27H24O4. The maximum atomic E-state index is 10.1. The number of aliphatic hydroxyl groups is 3. The minimum atomic E-state index is -3.37. The third kappa shape index (κ3) is 4.43. The van der Waals surface area contributed by atoms with Crippen LogP contribution in [0.1, 0.15) is 28.2 Å². The molecule has 4 heteroatoms. The number of hydrogen-bond donors (Lipinski definition) is 3. The molecule has 0 aliphatic heterocycles. The average molecular weight is 412 g/mol. The highest BCUT2D eigenvalue weighted by molar-refractivity contribution is 5.48. The van der Waals surface area contributed by atoms with E-state index in [1.165, 1.54) is 0 Å². The highest BCUT2D eigenvalue weighted by Crippen LogP contribution is 2.50. The maximum Gasteiger partial charge on any atom is 0.406 e. The molecule has 4 aromatic rings. The van der Waals surface area contributed by atoms with Crippen LogP contribution in [0.4, 0.5) is 0 Å². The first kappa shape index (κ1) is 21.0. The smallest absolute Gasteiger partial charge is 0.319 e. The normalized spacial score (nSPS) is 12.1. The Labute approximate surface area is 181 Å². The maximum absolute atomic E-state index is 10.1. The van der Waals surface area contributed by atoms with Crippen molar-refractivity contribution in [3.63, 3.8) is 0 Å². The van der Waals surface area contributed by atoms with Crippen LogP contribution in [0.5, 0.6) is 0 Å². The molecule has 0 atom stereocenters. The van der Waals surface area contributed by atoms with Crippen molar-refractivity contribution in [3.8, 4) is 0 Å². The molecule has 0 aromatic heterocycles. The quantitative estimate of drug-likeness (QED) is 0.394. The van der Waals surface area contributed by atoms with E-state index in [4.69, 9.17) is 4.74 Å². The molecule has 0 aliphatic rings. The molecule has 0 heterocycles. The van der Waals surface area contributed by atoms with Gasteiger partial charge in [0.1, 0.15) is 5.60 Å². The van der Waals surface area contributed by atoms with Crippen LogP contribution >= 0.6 is 0 Å². The Morgan fingerprint density at radius 1 is 0.484 bits per heavy atom. The summed E-state index contributed by atoms with van der Waals surface area (Å²) in [5, 5.41) is 30.3. The van der Waals surface area contributed by atoms with E-state index in [-0.39, 0.29) is 0 Å². The molecule has 156 valence electrons. The van der Waals surface area contributed by atoms with Crippen molar-refractivity contribution in [2.75, 3.05) is 0 Å². The molecule has 0 aliphatic carbocycles. The fourth-order valence-electron chi connectivity index (χ4n) is 4.22. The predicted octanol–water partition coefficient (Wildman–Crippen LogP) is 4.37. The van der Waals surface area contributed by atoms with Gasteiger partial charge in [0.15, 0.2) is 0 Å². The van der Waals surface area contributed by atoms with E-state index in [2.05, 4.69) is 0 Å². The first-order chi connectivity index (χ1) is 15.0. The minimum Gasteiger partial charge on any atom is -0.319 e. The first-order valence-corrected chi connectivity index (χ1v) is 10.1. The zero-order valence-electron chi connectivity index (χ0n) is 16.9. The van der Waals surface area contributed by atoms with Gasteiger partial charge in [-0.1, -0.05) is 121 Å². The Kier molecular flexibility index (Phi) is 5.98. The molecule has 0 saturated carbocycles. The number of benzene rings is 4. The number of hydrogen-bond acceptors (Lipinski definition) is 4. The lowest BCUT2D eigenvalue weighted by Gasteiger charge is -2.44. The molecule has 31 heavy (non-hydrogen) atoms. The van der Waals surface area contributed by atoms with Crippen molar-refractivity contribution in [2.24, 2.45) is 0 Å². The Morgan fingerprint density at radius 2 is 0.806 bits per heavy atom. The zero-order valence-corrected chi connectivity index (χ0v) is 16.9. The Hall–Kier alpha value is -3.28. The van der Waals surface area contributed by atoms with Gasteiger partial charge < -0.3 is 15.3 Å². The van der Waals surface area contributed by atoms with E-state index in [9.17, 15) is 15.3 Å². The molecule has 0 radical (unpaired) electrons.